The van der Waals surface area contributed by atoms with E-state index in [-0.39, 0.29) is 0 Å². The summed E-state index contributed by atoms with van der Waals surface area (Å²) in [6.07, 6.45) is 4.73. The van der Waals surface area contributed by atoms with Crippen LogP contribution in [0.25, 0.3) is 10.9 Å². The summed E-state index contributed by atoms with van der Waals surface area (Å²) in [5.41, 5.74) is 4.94. The molecule has 0 amide bonds. The van der Waals surface area contributed by atoms with Crippen molar-refractivity contribution in [1.29, 1.82) is 0 Å². The Kier molecular flexibility index (Phi) is 4.30. The smallest absolute Gasteiger partial charge is 0.186 e. The number of thiocarbonyl (C=S) groups is 1. The number of hydrogen-bond donors (Lipinski definition) is 3. The van der Waals surface area contributed by atoms with Gasteiger partial charge in [-0.15, -0.1) is 0 Å². The molecule has 0 atom stereocenters. The molecule has 0 saturated carbocycles. The molecule has 4 nitrogen and oxygen atoms in total. The number of nitrogens with one attached hydrogen (secondary N) is 3. The van der Waals surface area contributed by atoms with Crippen LogP contribution in [-0.4, -0.2) is 22.9 Å². The minimum Gasteiger partial charge on any atom is -0.361 e. The molecule has 0 spiro atoms. The summed E-state index contributed by atoms with van der Waals surface area (Å²) >= 11 is 5.07. The fraction of sp³-hybridized carbons (Fsp3) is 0.231. The highest BCUT2D eigenvalue weighted by Gasteiger charge is 1.99. The number of H-pyrrole nitrogens is 1. The van der Waals surface area contributed by atoms with Gasteiger partial charge in [-0.3, -0.25) is 5.43 Å². The van der Waals surface area contributed by atoms with Crippen LogP contribution in [0.1, 0.15) is 18.9 Å². The molecule has 0 saturated heterocycles. The fourth-order valence-corrected chi connectivity index (χ4v) is 1.79. The number of para-hydroxylation sites is 1. The van der Waals surface area contributed by atoms with Crippen LogP contribution in [0.5, 0.6) is 0 Å². The number of nitrogens with zero attached hydrogens (tertiary/aromatic N) is 1. The Morgan fingerprint density at radius 1 is 1.44 bits per heavy atom. The third kappa shape index (κ3) is 3.07. The normalized spacial score (nSPS) is 10.9. The predicted octanol–water partition coefficient (Wildman–Crippen LogP) is 2.38. The van der Waals surface area contributed by atoms with Crippen LogP contribution < -0.4 is 10.7 Å². The average molecular weight is 260 g/mol. The van der Waals surface area contributed by atoms with Gasteiger partial charge in [-0.1, -0.05) is 25.1 Å². The van der Waals surface area contributed by atoms with Gasteiger partial charge in [-0.2, -0.15) is 5.10 Å². The fourth-order valence-electron chi connectivity index (χ4n) is 1.64. The first-order chi connectivity index (χ1) is 8.81. The molecule has 2 aromatic rings. The number of hydrogen-bond acceptors (Lipinski definition) is 2. The standard InChI is InChI=1S/C13H16N4S/c1-2-7-14-13(18)17-16-9-10-8-15-12-6-4-3-5-11(10)12/h3-6,8-9,15H,2,7H2,1H3,(H2,14,17,18)/b16-9-. The van der Waals surface area contributed by atoms with Crippen molar-refractivity contribution < 1.29 is 0 Å². The molecular weight excluding hydrogens is 244 g/mol. The molecule has 94 valence electrons. The van der Waals surface area contributed by atoms with E-state index in [1.54, 1.807) is 6.21 Å². The third-order valence-corrected chi connectivity index (χ3v) is 2.76. The van der Waals surface area contributed by atoms with Crippen LogP contribution in [0.3, 0.4) is 0 Å². The number of rotatable bonds is 4. The minimum atomic E-state index is 0.549. The van der Waals surface area contributed by atoms with E-state index in [0.29, 0.717) is 5.11 Å². The lowest BCUT2D eigenvalue weighted by atomic mass is 10.2. The van der Waals surface area contributed by atoms with Gasteiger partial charge in [0.1, 0.15) is 0 Å². The Morgan fingerprint density at radius 2 is 2.28 bits per heavy atom. The van der Waals surface area contributed by atoms with E-state index in [0.717, 1.165) is 29.4 Å². The zero-order valence-electron chi connectivity index (χ0n) is 10.2. The van der Waals surface area contributed by atoms with Crippen molar-refractivity contribution >= 4 is 34.4 Å². The van der Waals surface area contributed by atoms with Gasteiger partial charge in [0.2, 0.25) is 0 Å². The van der Waals surface area contributed by atoms with Crippen molar-refractivity contribution in [2.45, 2.75) is 13.3 Å². The molecule has 0 radical (unpaired) electrons. The van der Waals surface area contributed by atoms with Gasteiger partial charge in [-0.05, 0) is 24.7 Å². The predicted molar refractivity (Wildman–Crippen MR) is 79.9 cm³/mol. The maximum atomic E-state index is 5.07. The summed E-state index contributed by atoms with van der Waals surface area (Å²) in [7, 11) is 0. The first kappa shape index (κ1) is 12.6. The third-order valence-electron chi connectivity index (χ3n) is 2.53. The SMILES string of the molecule is CCCNC(=S)N/N=C\c1c[nH]c2ccccc12. The molecule has 0 unspecified atom stereocenters. The Bertz CT molecular complexity index is 559. The number of benzene rings is 1. The lowest BCUT2D eigenvalue weighted by molar-refractivity contribution is 0.817. The second kappa shape index (κ2) is 6.16. The van der Waals surface area contributed by atoms with Crippen molar-refractivity contribution in [3.05, 3.63) is 36.0 Å². The van der Waals surface area contributed by atoms with Gasteiger partial charge in [0.05, 0.1) is 6.21 Å². The van der Waals surface area contributed by atoms with Crippen LogP contribution in [0.4, 0.5) is 0 Å². The van der Waals surface area contributed by atoms with Crippen LogP contribution >= 0.6 is 12.2 Å². The topological polar surface area (TPSA) is 52.2 Å². The Morgan fingerprint density at radius 3 is 3.11 bits per heavy atom. The number of aromatic nitrogens is 1. The minimum absolute atomic E-state index is 0.549. The van der Waals surface area contributed by atoms with E-state index in [9.17, 15) is 0 Å². The molecule has 0 fully saturated rings. The molecule has 3 N–H and O–H groups in total. The molecule has 0 aliphatic rings. The molecule has 0 aliphatic heterocycles. The van der Waals surface area contributed by atoms with Crippen molar-refractivity contribution in [2.75, 3.05) is 6.54 Å². The summed E-state index contributed by atoms with van der Waals surface area (Å²) in [6.45, 7) is 2.94. The highest BCUT2D eigenvalue weighted by atomic mass is 32.1. The molecule has 1 heterocycles. The number of aromatic amines is 1. The van der Waals surface area contributed by atoms with Crippen LogP contribution in [0, 0.1) is 0 Å². The molecule has 0 aliphatic carbocycles. The van der Waals surface area contributed by atoms with E-state index in [4.69, 9.17) is 12.2 Å². The summed E-state index contributed by atoms with van der Waals surface area (Å²) < 4.78 is 0. The van der Waals surface area contributed by atoms with E-state index in [1.807, 2.05) is 24.4 Å². The molecule has 18 heavy (non-hydrogen) atoms. The number of fused-ring (bicyclic) bond motifs is 1. The summed E-state index contributed by atoms with van der Waals surface area (Å²) in [5.74, 6) is 0. The monoisotopic (exact) mass is 260 g/mol. The summed E-state index contributed by atoms with van der Waals surface area (Å²) in [5, 5.41) is 8.86. The second-order valence-electron chi connectivity index (χ2n) is 3.92. The van der Waals surface area contributed by atoms with Crippen LogP contribution in [0.15, 0.2) is 35.6 Å². The highest BCUT2D eigenvalue weighted by Crippen LogP contribution is 2.15. The first-order valence-corrected chi connectivity index (χ1v) is 6.35. The highest BCUT2D eigenvalue weighted by molar-refractivity contribution is 7.80. The van der Waals surface area contributed by atoms with Gasteiger partial charge in [0.15, 0.2) is 5.11 Å². The Hall–Kier alpha value is -1.88. The molecule has 1 aromatic carbocycles. The van der Waals surface area contributed by atoms with Gasteiger partial charge >= 0.3 is 0 Å². The van der Waals surface area contributed by atoms with Crippen molar-refractivity contribution in [2.24, 2.45) is 5.10 Å². The van der Waals surface area contributed by atoms with Gasteiger partial charge in [-0.25, -0.2) is 0 Å². The first-order valence-electron chi connectivity index (χ1n) is 5.94. The Labute approximate surface area is 111 Å². The van der Waals surface area contributed by atoms with Crippen LogP contribution in [-0.2, 0) is 0 Å². The van der Waals surface area contributed by atoms with E-state index >= 15 is 0 Å². The van der Waals surface area contributed by atoms with E-state index in [2.05, 4.69) is 33.8 Å². The zero-order valence-corrected chi connectivity index (χ0v) is 11.1. The molecule has 1 aromatic heterocycles. The van der Waals surface area contributed by atoms with Gasteiger partial charge in [0.25, 0.3) is 0 Å². The van der Waals surface area contributed by atoms with Crippen molar-refractivity contribution in [3.63, 3.8) is 0 Å². The second-order valence-corrected chi connectivity index (χ2v) is 4.32. The molecule has 2 rings (SSSR count). The summed E-state index contributed by atoms with van der Waals surface area (Å²) in [4.78, 5) is 3.19. The average Bonchev–Trinajstić information content (AvgIpc) is 2.80. The van der Waals surface area contributed by atoms with Crippen LogP contribution in [0.2, 0.25) is 0 Å². The molecular formula is C13H16N4S. The maximum absolute atomic E-state index is 5.07. The van der Waals surface area contributed by atoms with Gasteiger partial charge < -0.3 is 10.3 Å². The maximum Gasteiger partial charge on any atom is 0.186 e. The number of hydrazone groups is 1. The largest absolute Gasteiger partial charge is 0.361 e. The van der Waals surface area contributed by atoms with Crippen molar-refractivity contribution in [3.8, 4) is 0 Å². The van der Waals surface area contributed by atoms with Crippen molar-refractivity contribution in [1.82, 2.24) is 15.7 Å². The van der Waals surface area contributed by atoms with Gasteiger partial charge in [0, 0.05) is 29.2 Å². The van der Waals surface area contributed by atoms with E-state index in [1.165, 1.54) is 0 Å². The molecule has 0 bridgehead atoms. The summed E-state index contributed by atoms with van der Waals surface area (Å²) in [6, 6.07) is 8.10. The zero-order chi connectivity index (χ0) is 12.8. The Balaban J connectivity index is 1.99. The quantitative estimate of drug-likeness (QED) is 0.449. The lowest BCUT2D eigenvalue weighted by Crippen LogP contribution is -2.32. The van der Waals surface area contributed by atoms with E-state index < -0.39 is 0 Å². The molecule has 5 heteroatoms. The lowest BCUT2D eigenvalue weighted by Gasteiger charge is -2.03.